The third kappa shape index (κ3) is 2.40. The summed E-state index contributed by atoms with van der Waals surface area (Å²) in [7, 11) is 1.75. The molecule has 1 aromatic heterocycles. The summed E-state index contributed by atoms with van der Waals surface area (Å²) in [5.41, 5.74) is 1.75. The van der Waals surface area contributed by atoms with Crippen molar-refractivity contribution in [1.29, 1.82) is 0 Å². The van der Waals surface area contributed by atoms with Crippen LogP contribution >= 0.6 is 23.2 Å². The summed E-state index contributed by atoms with van der Waals surface area (Å²) >= 11 is 11.9. The minimum atomic E-state index is -0.0477. The molecule has 3 nitrogen and oxygen atoms in total. The molecule has 0 atom stereocenters. The van der Waals surface area contributed by atoms with E-state index in [9.17, 15) is 4.79 Å². The second-order valence-corrected chi connectivity index (χ2v) is 4.82. The van der Waals surface area contributed by atoms with Gasteiger partial charge in [0.15, 0.2) is 0 Å². The Morgan fingerprint density at radius 1 is 1.29 bits per heavy atom. The average molecular weight is 271 g/mol. The van der Waals surface area contributed by atoms with Gasteiger partial charge in [-0.1, -0.05) is 29.3 Å². The van der Waals surface area contributed by atoms with Gasteiger partial charge in [-0.15, -0.1) is 0 Å². The number of benzene rings is 1. The van der Waals surface area contributed by atoms with Crippen LogP contribution in [0.1, 0.15) is 11.3 Å². The first kappa shape index (κ1) is 12.3. The summed E-state index contributed by atoms with van der Waals surface area (Å²) in [5, 5.41) is 1.17. The summed E-state index contributed by atoms with van der Waals surface area (Å²) in [5.74, 6) is 0. The van der Waals surface area contributed by atoms with Crippen molar-refractivity contribution in [3.8, 4) is 0 Å². The van der Waals surface area contributed by atoms with Gasteiger partial charge in [0.25, 0.3) is 0 Å². The Hall–Kier alpha value is -1.19. The lowest BCUT2D eigenvalue weighted by atomic mass is 10.2. The van der Waals surface area contributed by atoms with Gasteiger partial charge in [0.05, 0.1) is 6.54 Å². The fourth-order valence-corrected chi connectivity index (χ4v) is 2.13. The number of halogens is 2. The highest BCUT2D eigenvalue weighted by Gasteiger charge is 2.07. The molecular weight excluding hydrogens is 259 g/mol. The van der Waals surface area contributed by atoms with Crippen LogP contribution in [-0.2, 0) is 13.6 Å². The van der Waals surface area contributed by atoms with Crippen LogP contribution in [0.4, 0.5) is 0 Å². The molecule has 0 fully saturated rings. The molecule has 0 aliphatic rings. The second kappa shape index (κ2) is 4.59. The topological polar surface area (TPSA) is 26.9 Å². The van der Waals surface area contributed by atoms with Gasteiger partial charge in [0.1, 0.15) is 0 Å². The predicted molar refractivity (Wildman–Crippen MR) is 70.0 cm³/mol. The zero-order valence-electron chi connectivity index (χ0n) is 9.58. The third-order valence-corrected chi connectivity index (χ3v) is 3.35. The minimum absolute atomic E-state index is 0.0477. The molecule has 1 aromatic carbocycles. The van der Waals surface area contributed by atoms with Crippen LogP contribution in [0.15, 0.2) is 29.2 Å². The van der Waals surface area contributed by atoms with E-state index >= 15 is 0 Å². The van der Waals surface area contributed by atoms with Crippen molar-refractivity contribution in [2.75, 3.05) is 0 Å². The van der Waals surface area contributed by atoms with E-state index in [2.05, 4.69) is 0 Å². The maximum Gasteiger partial charge on any atom is 0.328 e. The van der Waals surface area contributed by atoms with Crippen molar-refractivity contribution in [3.05, 3.63) is 56.2 Å². The molecule has 90 valence electrons. The van der Waals surface area contributed by atoms with Gasteiger partial charge in [-0.2, -0.15) is 0 Å². The Morgan fingerprint density at radius 2 is 2.00 bits per heavy atom. The van der Waals surface area contributed by atoms with E-state index in [1.807, 2.05) is 19.2 Å². The molecule has 0 aliphatic heterocycles. The van der Waals surface area contributed by atoms with Crippen molar-refractivity contribution >= 4 is 23.2 Å². The highest BCUT2D eigenvalue weighted by atomic mass is 35.5. The van der Waals surface area contributed by atoms with E-state index in [1.165, 1.54) is 0 Å². The maximum atomic E-state index is 11.8. The summed E-state index contributed by atoms with van der Waals surface area (Å²) < 4.78 is 3.23. The largest absolute Gasteiger partial charge is 0.328 e. The van der Waals surface area contributed by atoms with Gasteiger partial charge >= 0.3 is 5.69 Å². The zero-order valence-corrected chi connectivity index (χ0v) is 11.1. The van der Waals surface area contributed by atoms with Crippen LogP contribution in [0.25, 0.3) is 0 Å². The highest BCUT2D eigenvalue weighted by molar-refractivity contribution is 6.35. The highest BCUT2D eigenvalue weighted by Crippen LogP contribution is 2.21. The lowest BCUT2D eigenvalue weighted by Gasteiger charge is -2.04. The molecule has 0 saturated carbocycles. The SMILES string of the molecule is Cc1cn(Cc2ccc(Cl)cc2Cl)c(=O)n1C. The maximum absolute atomic E-state index is 11.8. The van der Waals surface area contributed by atoms with E-state index in [-0.39, 0.29) is 5.69 Å². The first-order valence-corrected chi connectivity index (χ1v) is 5.91. The standard InChI is InChI=1S/C12H12Cl2N2O/c1-8-6-16(12(17)15(8)2)7-9-3-4-10(13)5-11(9)14/h3-6H,7H2,1-2H3. The van der Waals surface area contributed by atoms with Crippen LogP contribution in [0.3, 0.4) is 0 Å². The van der Waals surface area contributed by atoms with Crippen molar-refractivity contribution in [2.24, 2.45) is 7.05 Å². The third-order valence-electron chi connectivity index (χ3n) is 2.76. The predicted octanol–water partition coefficient (Wildman–Crippen LogP) is 2.85. The fourth-order valence-electron chi connectivity index (χ4n) is 1.66. The summed E-state index contributed by atoms with van der Waals surface area (Å²) in [6.07, 6.45) is 1.81. The Morgan fingerprint density at radius 3 is 2.53 bits per heavy atom. The van der Waals surface area contributed by atoms with E-state index in [0.717, 1.165) is 11.3 Å². The summed E-state index contributed by atoms with van der Waals surface area (Å²) in [4.78, 5) is 11.8. The number of aromatic nitrogens is 2. The Balaban J connectivity index is 2.38. The van der Waals surface area contributed by atoms with Gasteiger partial charge in [-0.05, 0) is 24.6 Å². The van der Waals surface area contributed by atoms with E-state index < -0.39 is 0 Å². The van der Waals surface area contributed by atoms with Crippen molar-refractivity contribution in [3.63, 3.8) is 0 Å². The van der Waals surface area contributed by atoms with E-state index in [4.69, 9.17) is 23.2 Å². The quantitative estimate of drug-likeness (QED) is 0.825. The van der Waals surface area contributed by atoms with E-state index in [1.54, 1.807) is 28.3 Å². The van der Waals surface area contributed by atoms with Crippen LogP contribution in [0, 0.1) is 6.92 Å². The normalized spacial score (nSPS) is 10.8. The van der Waals surface area contributed by atoms with Crippen LogP contribution in [-0.4, -0.2) is 9.13 Å². The fraction of sp³-hybridized carbons (Fsp3) is 0.250. The molecule has 5 heteroatoms. The number of hydrogen-bond donors (Lipinski definition) is 0. The van der Waals surface area contributed by atoms with Gasteiger partial charge in [-0.25, -0.2) is 4.79 Å². The van der Waals surface area contributed by atoms with Crippen LogP contribution in [0.2, 0.25) is 10.0 Å². The number of rotatable bonds is 2. The van der Waals surface area contributed by atoms with E-state index in [0.29, 0.717) is 16.6 Å². The Bertz CT molecular complexity index is 613. The Labute approximate surface area is 109 Å². The van der Waals surface area contributed by atoms with Crippen molar-refractivity contribution in [2.45, 2.75) is 13.5 Å². The molecule has 0 saturated heterocycles. The molecule has 17 heavy (non-hydrogen) atoms. The van der Waals surface area contributed by atoms with Crippen LogP contribution in [0.5, 0.6) is 0 Å². The first-order chi connectivity index (χ1) is 7.99. The molecule has 0 N–H and O–H groups in total. The Kier molecular flexibility index (Phi) is 3.31. The molecule has 0 radical (unpaired) electrons. The molecule has 2 rings (SSSR count). The van der Waals surface area contributed by atoms with Crippen LogP contribution < -0.4 is 5.69 Å². The average Bonchev–Trinajstić information content (AvgIpc) is 2.50. The first-order valence-electron chi connectivity index (χ1n) is 5.15. The lowest BCUT2D eigenvalue weighted by Crippen LogP contribution is -2.22. The molecule has 0 spiro atoms. The monoisotopic (exact) mass is 270 g/mol. The summed E-state index contributed by atoms with van der Waals surface area (Å²) in [6.45, 7) is 2.35. The number of aryl methyl sites for hydroxylation is 1. The van der Waals surface area contributed by atoms with Gasteiger partial charge in [0, 0.05) is 29.0 Å². The van der Waals surface area contributed by atoms with Gasteiger partial charge in [-0.3, -0.25) is 9.13 Å². The molecule has 0 bridgehead atoms. The number of hydrogen-bond acceptors (Lipinski definition) is 1. The zero-order chi connectivity index (χ0) is 12.6. The molecule has 0 aliphatic carbocycles. The summed E-state index contributed by atoms with van der Waals surface area (Å²) in [6, 6.07) is 5.28. The molecular formula is C12H12Cl2N2O. The van der Waals surface area contributed by atoms with Crippen molar-refractivity contribution < 1.29 is 0 Å². The smallest absolute Gasteiger partial charge is 0.300 e. The molecule has 0 amide bonds. The second-order valence-electron chi connectivity index (χ2n) is 3.98. The molecule has 0 unspecified atom stereocenters. The van der Waals surface area contributed by atoms with Gasteiger partial charge < -0.3 is 0 Å². The number of imidazole rings is 1. The molecule has 2 aromatic rings. The minimum Gasteiger partial charge on any atom is -0.300 e. The lowest BCUT2D eigenvalue weighted by molar-refractivity contribution is 0.714. The molecule has 1 heterocycles. The number of nitrogens with zero attached hydrogens (tertiary/aromatic N) is 2. The van der Waals surface area contributed by atoms with Gasteiger partial charge in [0.2, 0.25) is 0 Å². The van der Waals surface area contributed by atoms with Crippen molar-refractivity contribution in [1.82, 2.24) is 9.13 Å².